The zero-order valence-corrected chi connectivity index (χ0v) is 12.7. The zero-order chi connectivity index (χ0) is 13.9. The van der Waals surface area contributed by atoms with Crippen molar-refractivity contribution in [3.05, 3.63) is 63.5 Å². The van der Waals surface area contributed by atoms with Crippen molar-refractivity contribution in [1.29, 1.82) is 0 Å². The summed E-state index contributed by atoms with van der Waals surface area (Å²) in [6.45, 7) is 1.86. The molecule has 0 saturated heterocycles. The lowest BCUT2D eigenvalue weighted by Crippen LogP contribution is -2.35. The highest BCUT2D eigenvalue weighted by Gasteiger charge is 2.25. The number of nitrogens with one attached hydrogen (secondary N) is 1. The van der Waals surface area contributed by atoms with Crippen molar-refractivity contribution in [2.24, 2.45) is 0 Å². The van der Waals surface area contributed by atoms with E-state index in [1.165, 1.54) is 12.1 Å². The second kappa shape index (κ2) is 5.88. The van der Waals surface area contributed by atoms with Crippen LogP contribution in [0.5, 0.6) is 0 Å². The van der Waals surface area contributed by atoms with Gasteiger partial charge >= 0.3 is 0 Å². The van der Waals surface area contributed by atoms with Gasteiger partial charge in [0.15, 0.2) is 0 Å². The first-order valence-corrected chi connectivity index (χ1v) is 7.02. The van der Waals surface area contributed by atoms with E-state index in [4.69, 9.17) is 0 Å². The maximum atomic E-state index is 12.9. The molecule has 2 aromatic carbocycles. The Morgan fingerprint density at radius 2 is 1.68 bits per heavy atom. The van der Waals surface area contributed by atoms with Crippen LogP contribution in [0, 0.1) is 9.39 Å². The second-order valence-corrected chi connectivity index (χ2v) is 5.87. The molecular formula is C15H15FINO. The molecule has 0 spiro atoms. The van der Waals surface area contributed by atoms with Crippen LogP contribution in [0.1, 0.15) is 12.5 Å². The van der Waals surface area contributed by atoms with Crippen molar-refractivity contribution in [1.82, 2.24) is 0 Å². The Bertz CT molecular complexity index is 541. The molecule has 2 rings (SSSR count). The number of hydrogen-bond donors (Lipinski definition) is 2. The van der Waals surface area contributed by atoms with Crippen LogP contribution in [-0.2, 0) is 5.54 Å². The summed E-state index contributed by atoms with van der Waals surface area (Å²) in [5, 5.41) is 12.9. The Hall–Kier alpha value is -1.14. The van der Waals surface area contributed by atoms with Gasteiger partial charge in [0, 0.05) is 9.26 Å². The van der Waals surface area contributed by atoms with E-state index in [0.29, 0.717) is 0 Å². The zero-order valence-electron chi connectivity index (χ0n) is 10.5. The van der Waals surface area contributed by atoms with Crippen LogP contribution >= 0.6 is 22.6 Å². The molecule has 4 heteroatoms. The molecule has 0 fully saturated rings. The Morgan fingerprint density at radius 1 is 1.11 bits per heavy atom. The maximum absolute atomic E-state index is 12.9. The first-order valence-electron chi connectivity index (χ1n) is 5.94. The van der Waals surface area contributed by atoms with Gasteiger partial charge in [-0.2, -0.15) is 0 Å². The molecule has 0 aliphatic carbocycles. The molecule has 2 N–H and O–H groups in total. The standard InChI is InChI=1S/C15H15FINO/c1-15(10-19,11-2-6-13(17)7-3-11)18-14-8-4-12(16)5-9-14/h2-9,18-19H,10H2,1H3. The number of halogens is 2. The number of benzene rings is 2. The predicted molar refractivity (Wildman–Crippen MR) is 83.6 cm³/mol. The normalized spacial score (nSPS) is 13.9. The summed E-state index contributed by atoms with van der Waals surface area (Å²) in [7, 11) is 0. The second-order valence-electron chi connectivity index (χ2n) is 4.63. The molecule has 0 bridgehead atoms. The minimum atomic E-state index is -0.595. The van der Waals surface area contributed by atoms with E-state index >= 15 is 0 Å². The summed E-state index contributed by atoms with van der Waals surface area (Å²) < 4.78 is 14.0. The molecule has 2 nitrogen and oxygen atoms in total. The first kappa shape index (κ1) is 14.3. The Kier molecular flexibility index (Phi) is 4.42. The molecule has 1 atom stereocenters. The number of rotatable bonds is 4. The monoisotopic (exact) mass is 371 g/mol. The SMILES string of the molecule is CC(CO)(Nc1ccc(F)cc1)c1ccc(I)cc1. The van der Waals surface area contributed by atoms with Crippen LogP contribution in [-0.4, -0.2) is 11.7 Å². The van der Waals surface area contributed by atoms with Crippen molar-refractivity contribution >= 4 is 28.3 Å². The molecule has 100 valence electrons. The average Bonchev–Trinajstić information content (AvgIpc) is 2.42. The Balaban J connectivity index is 2.27. The molecule has 0 aliphatic rings. The smallest absolute Gasteiger partial charge is 0.123 e. The van der Waals surface area contributed by atoms with E-state index in [1.807, 2.05) is 31.2 Å². The number of anilines is 1. The maximum Gasteiger partial charge on any atom is 0.123 e. The van der Waals surface area contributed by atoms with Gasteiger partial charge < -0.3 is 10.4 Å². The fourth-order valence-electron chi connectivity index (χ4n) is 1.87. The van der Waals surface area contributed by atoms with Gasteiger partial charge in [0.05, 0.1) is 12.1 Å². The fourth-order valence-corrected chi connectivity index (χ4v) is 2.23. The fraction of sp³-hybridized carbons (Fsp3) is 0.200. The summed E-state index contributed by atoms with van der Waals surface area (Å²) in [6.07, 6.45) is 0. The van der Waals surface area contributed by atoms with Gasteiger partial charge in [-0.05, 0) is 71.5 Å². The van der Waals surface area contributed by atoms with Crippen LogP contribution in [0.25, 0.3) is 0 Å². The lowest BCUT2D eigenvalue weighted by atomic mass is 9.92. The Morgan fingerprint density at radius 3 is 2.21 bits per heavy atom. The summed E-state index contributed by atoms with van der Waals surface area (Å²) in [6, 6.07) is 14.1. The van der Waals surface area contributed by atoms with E-state index < -0.39 is 5.54 Å². The van der Waals surface area contributed by atoms with Crippen molar-refractivity contribution in [2.45, 2.75) is 12.5 Å². The van der Waals surface area contributed by atoms with Crippen LogP contribution in [0.2, 0.25) is 0 Å². The van der Waals surface area contributed by atoms with Crippen LogP contribution in [0.15, 0.2) is 48.5 Å². The Labute approximate surface area is 125 Å². The highest BCUT2D eigenvalue weighted by atomic mass is 127. The molecular weight excluding hydrogens is 356 g/mol. The van der Waals surface area contributed by atoms with Crippen LogP contribution in [0.3, 0.4) is 0 Å². The van der Waals surface area contributed by atoms with E-state index in [1.54, 1.807) is 12.1 Å². The van der Waals surface area contributed by atoms with E-state index in [9.17, 15) is 9.50 Å². The number of aliphatic hydroxyl groups is 1. The quantitative estimate of drug-likeness (QED) is 0.803. The van der Waals surface area contributed by atoms with Gasteiger partial charge in [-0.15, -0.1) is 0 Å². The summed E-state index contributed by atoms with van der Waals surface area (Å²) in [4.78, 5) is 0. The highest BCUT2D eigenvalue weighted by molar-refractivity contribution is 14.1. The lowest BCUT2D eigenvalue weighted by Gasteiger charge is -2.30. The predicted octanol–water partition coefficient (Wildman–Crippen LogP) is 3.75. The van der Waals surface area contributed by atoms with E-state index in [-0.39, 0.29) is 12.4 Å². The summed E-state index contributed by atoms with van der Waals surface area (Å²) in [5.41, 5.74) is 1.17. The van der Waals surface area contributed by atoms with Gasteiger partial charge in [-0.1, -0.05) is 12.1 Å². The third-order valence-corrected chi connectivity index (χ3v) is 3.78. The third kappa shape index (κ3) is 3.45. The van der Waals surface area contributed by atoms with Crippen LogP contribution in [0.4, 0.5) is 10.1 Å². The van der Waals surface area contributed by atoms with Crippen molar-refractivity contribution in [3.8, 4) is 0 Å². The van der Waals surface area contributed by atoms with Crippen LogP contribution < -0.4 is 5.32 Å². The van der Waals surface area contributed by atoms with Gasteiger partial charge in [-0.3, -0.25) is 0 Å². The lowest BCUT2D eigenvalue weighted by molar-refractivity contribution is 0.224. The van der Waals surface area contributed by atoms with Gasteiger partial charge in [0.1, 0.15) is 5.82 Å². The van der Waals surface area contributed by atoms with E-state index in [0.717, 1.165) is 14.8 Å². The minimum Gasteiger partial charge on any atom is -0.394 e. The van der Waals surface area contributed by atoms with Gasteiger partial charge in [0.2, 0.25) is 0 Å². The topological polar surface area (TPSA) is 32.3 Å². The molecule has 1 unspecified atom stereocenters. The molecule has 0 saturated carbocycles. The average molecular weight is 371 g/mol. The minimum absolute atomic E-state index is 0.0506. The van der Waals surface area contributed by atoms with Gasteiger partial charge in [0.25, 0.3) is 0 Å². The number of aliphatic hydroxyl groups excluding tert-OH is 1. The largest absolute Gasteiger partial charge is 0.394 e. The molecule has 0 heterocycles. The molecule has 2 aromatic rings. The molecule has 0 radical (unpaired) electrons. The first-order chi connectivity index (χ1) is 9.03. The van der Waals surface area contributed by atoms with Crippen molar-refractivity contribution in [3.63, 3.8) is 0 Å². The molecule has 0 amide bonds. The molecule has 0 aromatic heterocycles. The summed E-state index contributed by atoms with van der Waals surface area (Å²) >= 11 is 2.24. The summed E-state index contributed by atoms with van der Waals surface area (Å²) in [5.74, 6) is -0.273. The van der Waals surface area contributed by atoms with Gasteiger partial charge in [-0.25, -0.2) is 4.39 Å². The van der Waals surface area contributed by atoms with Crippen molar-refractivity contribution in [2.75, 3.05) is 11.9 Å². The highest BCUT2D eigenvalue weighted by Crippen LogP contribution is 2.26. The third-order valence-electron chi connectivity index (χ3n) is 3.06. The molecule has 0 aliphatic heterocycles. The van der Waals surface area contributed by atoms with Crippen molar-refractivity contribution < 1.29 is 9.50 Å². The molecule has 19 heavy (non-hydrogen) atoms. The van der Waals surface area contributed by atoms with E-state index in [2.05, 4.69) is 27.9 Å². The number of hydrogen-bond acceptors (Lipinski definition) is 2.